The molecule has 0 fully saturated rings. The van der Waals surface area contributed by atoms with Gasteiger partial charge in [0.15, 0.2) is 0 Å². The van der Waals surface area contributed by atoms with Crippen LogP contribution in [-0.4, -0.2) is 0 Å². The lowest BCUT2D eigenvalue weighted by molar-refractivity contribution is 0.591. The molecule has 10 aromatic rings. The van der Waals surface area contributed by atoms with E-state index >= 15 is 0 Å². The Morgan fingerprint density at radius 1 is 0.306 bits per heavy atom. The van der Waals surface area contributed by atoms with Crippen LogP contribution < -0.4 is 0 Å². The summed E-state index contributed by atoms with van der Waals surface area (Å²) in [6.45, 7) is 16.5. The third-order valence-corrected chi connectivity index (χ3v) is 14.8. The number of fused-ring (bicyclic) bond motifs is 6. The second-order valence-electron chi connectivity index (χ2n) is 20.1. The topological polar surface area (TPSA) is 0 Å². The zero-order valence-corrected chi connectivity index (χ0v) is 36.7. The zero-order chi connectivity index (χ0) is 42.3. The van der Waals surface area contributed by atoms with E-state index in [1.807, 2.05) is 0 Å². The first kappa shape index (κ1) is 37.0. The summed E-state index contributed by atoms with van der Waals surface area (Å²) < 4.78 is 0. The van der Waals surface area contributed by atoms with Crippen LogP contribution in [-0.2, 0) is 16.2 Å². The molecule has 0 aliphatic heterocycles. The van der Waals surface area contributed by atoms with Crippen molar-refractivity contribution in [1.29, 1.82) is 0 Å². The second-order valence-corrected chi connectivity index (χ2v) is 20.1. The van der Waals surface area contributed by atoms with Crippen molar-refractivity contribution in [3.63, 3.8) is 0 Å². The summed E-state index contributed by atoms with van der Waals surface area (Å²) >= 11 is 0. The quantitative estimate of drug-likeness (QED) is 0.156. The molecule has 0 atom stereocenters. The smallest absolute Gasteiger partial charge is 0.0159 e. The van der Waals surface area contributed by atoms with Gasteiger partial charge in [0.25, 0.3) is 0 Å². The van der Waals surface area contributed by atoms with Gasteiger partial charge >= 0.3 is 0 Å². The monoisotopic (exact) mass is 794 g/mol. The summed E-state index contributed by atoms with van der Waals surface area (Å²) in [4.78, 5) is 0. The molecule has 0 bridgehead atoms. The van der Waals surface area contributed by atoms with Crippen LogP contribution in [0.5, 0.6) is 0 Å². The van der Waals surface area contributed by atoms with E-state index in [-0.39, 0.29) is 16.2 Å². The highest BCUT2D eigenvalue weighted by atomic mass is 14.4. The summed E-state index contributed by atoms with van der Waals surface area (Å²) in [6.07, 6.45) is 0. The molecule has 0 spiro atoms. The van der Waals surface area contributed by atoms with E-state index in [4.69, 9.17) is 0 Å². The van der Waals surface area contributed by atoms with Gasteiger partial charge in [-0.2, -0.15) is 0 Å². The maximum Gasteiger partial charge on any atom is 0.0159 e. The Balaban J connectivity index is 1.12. The van der Waals surface area contributed by atoms with Gasteiger partial charge in [-0.25, -0.2) is 0 Å². The molecule has 0 saturated heterocycles. The summed E-state index contributed by atoms with van der Waals surface area (Å²) in [5, 5.41) is 7.88. The van der Waals surface area contributed by atoms with E-state index in [1.54, 1.807) is 0 Å². The average Bonchev–Trinajstić information content (AvgIpc) is 3.66. The summed E-state index contributed by atoms with van der Waals surface area (Å²) in [5.41, 5.74) is 22.3. The van der Waals surface area contributed by atoms with Crippen molar-refractivity contribution < 1.29 is 0 Å². The number of rotatable bonds is 4. The Kier molecular flexibility index (Phi) is 7.70. The first-order valence-electron chi connectivity index (χ1n) is 22.3. The molecule has 0 saturated carbocycles. The van der Waals surface area contributed by atoms with Crippen molar-refractivity contribution in [2.75, 3.05) is 0 Å². The Hall–Kier alpha value is -6.76. The molecule has 298 valence electrons. The molecule has 0 amide bonds. The summed E-state index contributed by atoms with van der Waals surface area (Å²) in [6, 6.07) is 67.4. The molecule has 62 heavy (non-hydrogen) atoms. The molecular formula is C62H50. The molecule has 0 N–H and O–H groups in total. The van der Waals surface area contributed by atoms with Crippen molar-refractivity contribution in [3.8, 4) is 66.8 Å². The predicted molar refractivity (Wildman–Crippen MR) is 266 cm³/mol. The molecule has 0 nitrogen and oxygen atoms in total. The lowest BCUT2D eigenvalue weighted by Gasteiger charge is -2.24. The standard InChI is InChI=1S/C62H50/c1-60(2,3)41-32-39-26-30-50-52(44-18-10-8-16-42(44)37-24-28-48-46-20-12-14-22-54(46)61(4,5)56(48)34-37)36-53(51-31-27-40(33-41)58(39)59(50)51)45-19-11-9-17-43(45)38-25-29-49-47-21-13-15-23-55(47)62(6,7)57(49)35-38/h8-36H,1-7H3. The third-order valence-electron chi connectivity index (χ3n) is 14.8. The minimum atomic E-state index is -0.0811. The summed E-state index contributed by atoms with van der Waals surface area (Å²) in [5.74, 6) is 0. The van der Waals surface area contributed by atoms with Crippen LogP contribution in [0.2, 0.25) is 0 Å². The van der Waals surface area contributed by atoms with Crippen LogP contribution in [0.15, 0.2) is 176 Å². The molecule has 0 radical (unpaired) electrons. The maximum absolute atomic E-state index is 2.51. The Bertz CT molecular complexity index is 3270. The number of hydrogen-bond acceptors (Lipinski definition) is 0. The largest absolute Gasteiger partial charge is 0.0619 e. The average molecular weight is 795 g/mol. The van der Waals surface area contributed by atoms with Crippen LogP contribution in [0, 0.1) is 0 Å². The third kappa shape index (κ3) is 5.19. The van der Waals surface area contributed by atoms with Gasteiger partial charge in [-0.1, -0.05) is 206 Å². The van der Waals surface area contributed by atoms with Gasteiger partial charge in [0, 0.05) is 10.8 Å². The fraction of sp³-hybridized carbons (Fsp3) is 0.161. The van der Waals surface area contributed by atoms with Crippen molar-refractivity contribution in [1.82, 2.24) is 0 Å². The highest BCUT2D eigenvalue weighted by Gasteiger charge is 2.37. The Labute approximate surface area is 365 Å². The van der Waals surface area contributed by atoms with E-state index in [2.05, 4.69) is 224 Å². The highest BCUT2D eigenvalue weighted by molar-refractivity contribution is 6.29. The fourth-order valence-electron chi connectivity index (χ4n) is 11.5. The van der Waals surface area contributed by atoms with E-state index in [0.29, 0.717) is 0 Å². The minimum Gasteiger partial charge on any atom is -0.0619 e. The first-order chi connectivity index (χ1) is 29.9. The second kappa shape index (κ2) is 12.9. The van der Waals surface area contributed by atoms with Crippen molar-refractivity contribution in [3.05, 3.63) is 204 Å². The molecule has 2 aliphatic rings. The summed E-state index contributed by atoms with van der Waals surface area (Å²) in [7, 11) is 0. The van der Waals surface area contributed by atoms with Crippen LogP contribution in [0.25, 0.3) is 99.1 Å². The normalized spacial score (nSPS) is 14.6. The molecular weight excluding hydrogens is 745 g/mol. The lowest BCUT2D eigenvalue weighted by atomic mass is 9.79. The molecule has 0 heterocycles. The van der Waals surface area contributed by atoms with Gasteiger partial charge in [0.05, 0.1) is 0 Å². The van der Waals surface area contributed by atoms with E-state index < -0.39 is 0 Å². The lowest BCUT2D eigenvalue weighted by Crippen LogP contribution is -2.14. The van der Waals surface area contributed by atoms with Crippen molar-refractivity contribution in [2.45, 2.75) is 64.7 Å². The number of benzene rings is 10. The SMILES string of the molecule is CC(C)(C)c1cc2ccc3c(-c4ccccc4-c4ccc5c(c4)C(C)(C)c4ccccc4-5)cc(-c4ccccc4-c4ccc5c(c4)C(C)(C)c4ccccc4-5)c4ccc(c1)c2c34. The molecule has 2 aliphatic carbocycles. The minimum absolute atomic E-state index is 0.0379. The maximum atomic E-state index is 2.51. The van der Waals surface area contributed by atoms with Gasteiger partial charge in [0.2, 0.25) is 0 Å². The van der Waals surface area contributed by atoms with Crippen LogP contribution >= 0.6 is 0 Å². The predicted octanol–water partition coefficient (Wildman–Crippen LogP) is 17.2. The molecule has 0 unspecified atom stereocenters. The Morgan fingerprint density at radius 2 is 0.694 bits per heavy atom. The van der Waals surface area contributed by atoms with Gasteiger partial charge in [-0.05, 0) is 151 Å². The number of hydrogen-bond donors (Lipinski definition) is 0. The van der Waals surface area contributed by atoms with E-state index in [9.17, 15) is 0 Å². The molecule has 0 heteroatoms. The zero-order valence-electron chi connectivity index (χ0n) is 36.7. The first-order valence-corrected chi connectivity index (χ1v) is 22.3. The van der Waals surface area contributed by atoms with E-state index in [0.717, 1.165) is 0 Å². The van der Waals surface area contributed by atoms with Gasteiger partial charge < -0.3 is 0 Å². The molecule has 10 aromatic carbocycles. The Morgan fingerprint density at radius 3 is 1.13 bits per heavy atom. The van der Waals surface area contributed by atoms with Crippen LogP contribution in [0.3, 0.4) is 0 Å². The van der Waals surface area contributed by atoms with Gasteiger partial charge in [-0.15, -0.1) is 0 Å². The van der Waals surface area contributed by atoms with E-state index in [1.165, 1.54) is 127 Å². The highest BCUT2D eigenvalue weighted by Crippen LogP contribution is 2.53. The van der Waals surface area contributed by atoms with Crippen molar-refractivity contribution >= 4 is 32.3 Å². The fourth-order valence-corrected chi connectivity index (χ4v) is 11.5. The van der Waals surface area contributed by atoms with Crippen molar-refractivity contribution in [2.24, 2.45) is 0 Å². The molecule has 12 rings (SSSR count). The van der Waals surface area contributed by atoms with Crippen LogP contribution in [0.1, 0.15) is 76.3 Å². The van der Waals surface area contributed by atoms with Crippen LogP contribution in [0.4, 0.5) is 0 Å². The van der Waals surface area contributed by atoms with Gasteiger partial charge in [-0.3, -0.25) is 0 Å². The van der Waals surface area contributed by atoms with Gasteiger partial charge in [0.1, 0.15) is 0 Å². The molecule has 0 aromatic heterocycles.